The van der Waals surface area contributed by atoms with Crippen LogP contribution < -0.4 is 0 Å². The van der Waals surface area contributed by atoms with Gasteiger partial charge < -0.3 is 14.9 Å². The number of hydrogen-bond acceptors (Lipinski definition) is 0. The van der Waals surface area contributed by atoms with E-state index in [1.807, 2.05) is 0 Å². The monoisotopic (exact) mass is 640 g/mol. The first-order chi connectivity index (χ1) is 16.9. The summed E-state index contributed by atoms with van der Waals surface area (Å²) < 4.78 is 0. The SMILES string of the molecule is CCC(CC1CC([Si](C)(C)C2CC(C)C3CCCCC32)C2CCCCC12)c1ccccc1.[CH3-].[CH3-].[Cl][Zr+2][Cl]. The minimum absolute atomic E-state index is 0. The van der Waals surface area contributed by atoms with Gasteiger partial charge in [0.1, 0.15) is 0 Å². The van der Waals surface area contributed by atoms with Gasteiger partial charge in [-0.05, 0) is 96.6 Å². The quantitative estimate of drug-likeness (QED) is 0.214. The van der Waals surface area contributed by atoms with E-state index in [0.29, 0.717) is 0 Å². The molecule has 4 heteroatoms. The molecule has 5 rings (SSSR count). The second kappa shape index (κ2) is 15.8. The Hall–Kier alpha value is 0.900. The molecule has 4 aliphatic rings. The predicted octanol–water partition coefficient (Wildman–Crippen LogP) is 12.0. The fraction of sp³-hybridized carbons (Fsp3) is 0.758. The zero-order valence-electron chi connectivity index (χ0n) is 24.8. The minimum atomic E-state index is -1.28. The van der Waals surface area contributed by atoms with Crippen molar-refractivity contribution in [1.82, 2.24) is 0 Å². The summed E-state index contributed by atoms with van der Waals surface area (Å²) in [6.07, 6.45) is 18.3. The molecule has 0 aliphatic heterocycles. The second-order valence-corrected chi connectivity index (χ2v) is 22.1. The van der Waals surface area contributed by atoms with E-state index in [0.717, 1.165) is 52.5 Å². The normalized spacial score (nSPS) is 35.4. The molecule has 0 spiro atoms. The molecule has 1 aromatic rings. The van der Waals surface area contributed by atoms with E-state index in [4.69, 9.17) is 17.0 Å². The molecule has 0 N–H and O–H groups in total. The van der Waals surface area contributed by atoms with Crippen LogP contribution in [0.2, 0.25) is 24.2 Å². The van der Waals surface area contributed by atoms with Crippen molar-refractivity contribution < 1.29 is 20.8 Å². The van der Waals surface area contributed by atoms with Crippen LogP contribution in [-0.2, 0) is 20.8 Å². The van der Waals surface area contributed by atoms with E-state index in [-0.39, 0.29) is 14.9 Å². The van der Waals surface area contributed by atoms with Crippen LogP contribution in [0.25, 0.3) is 0 Å². The molecule has 0 heterocycles. The van der Waals surface area contributed by atoms with Gasteiger partial charge in [0.25, 0.3) is 0 Å². The van der Waals surface area contributed by atoms with Crippen molar-refractivity contribution in [2.75, 3.05) is 0 Å². The third kappa shape index (κ3) is 7.60. The van der Waals surface area contributed by atoms with Crippen molar-refractivity contribution in [3.63, 3.8) is 0 Å². The van der Waals surface area contributed by atoms with Crippen molar-refractivity contribution in [3.05, 3.63) is 50.7 Å². The van der Waals surface area contributed by atoms with Crippen LogP contribution in [0.5, 0.6) is 0 Å². The Morgan fingerprint density at radius 2 is 1.30 bits per heavy atom. The maximum atomic E-state index is 4.93. The van der Waals surface area contributed by atoms with Crippen LogP contribution in [0.4, 0.5) is 0 Å². The maximum absolute atomic E-state index is 4.93. The molecule has 4 fully saturated rings. The number of hydrogen-bond donors (Lipinski definition) is 0. The molecule has 4 saturated carbocycles. The van der Waals surface area contributed by atoms with Crippen molar-refractivity contribution in [2.45, 2.75) is 121 Å². The fourth-order valence-electron chi connectivity index (χ4n) is 9.98. The van der Waals surface area contributed by atoms with Crippen molar-refractivity contribution in [1.29, 1.82) is 0 Å². The Balaban J connectivity index is 0.000000919. The first kappa shape index (κ1) is 34.1. The van der Waals surface area contributed by atoms with E-state index in [2.05, 4.69) is 57.3 Å². The molecule has 37 heavy (non-hydrogen) atoms. The van der Waals surface area contributed by atoms with Gasteiger partial charge in [-0.1, -0.05) is 95.8 Å². The first-order valence-corrected chi connectivity index (χ1v) is 24.4. The summed E-state index contributed by atoms with van der Waals surface area (Å²) in [5.74, 6) is 7.13. The third-order valence-electron chi connectivity index (χ3n) is 11.6. The van der Waals surface area contributed by atoms with E-state index in [9.17, 15) is 0 Å². The average molecular weight is 643 g/mol. The van der Waals surface area contributed by atoms with Gasteiger partial charge in [-0.3, -0.25) is 0 Å². The molecule has 0 nitrogen and oxygen atoms in total. The molecule has 0 saturated heterocycles. The third-order valence-corrected chi connectivity index (χ3v) is 16.7. The topological polar surface area (TPSA) is 0 Å². The number of fused-ring (bicyclic) bond motifs is 2. The molecule has 9 atom stereocenters. The predicted molar refractivity (Wildman–Crippen MR) is 166 cm³/mol. The van der Waals surface area contributed by atoms with Crippen LogP contribution in [0, 0.1) is 50.4 Å². The average Bonchev–Trinajstić information content (AvgIpc) is 3.43. The van der Waals surface area contributed by atoms with Crippen LogP contribution in [0.1, 0.15) is 102 Å². The summed E-state index contributed by atoms with van der Waals surface area (Å²) >= 11 is -0.826. The molecular formula is C33H56Cl2SiZr. The van der Waals surface area contributed by atoms with Gasteiger partial charge in [-0.25, -0.2) is 0 Å². The van der Waals surface area contributed by atoms with Gasteiger partial charge in [-0.2, -0.15) is 0 Å². The molecular weight excluding hydrogens is 587 g/mol. The van der Waals surface area contributed by atoms with Gasteiger partial charge in [-0.15, -0.1) is 0 Å². The number of rotatable bonds is 6. The Labute approximate surface area is 251 Å². The van der Waals surface area contributed by atoms with Crippen LogP contribution in [0.3, 0.4) is 0 Å². The van der Waals surface area contributed by atoms with Crippen molar-refractivity contribution in [3.8, 4) is 0 Å². The van der Waals surface area contributed by atoms with E-state index >= 15 is 0 Å². The summed E-state index contributed by atoms with van der Waals surface area (Å²) in [5, 5.41) is 0. The van der Waals surface area contributed by atoms with Crippen LogP contribution >= 0.6 is 17.0 Å². The summed E-state index contributed by atoms with van der Waals surface area (Å²) in [6.45, 7) is 10.8. The standard InChI is InChI=1S/C31H50Si.2CH3.2ClH.Zr/c1-5-23(24-13-7-6-8-14-24)20-25-21-31(29-18-12-10-16-27(25)29)32(3,4)30-19-22(2)26-15-9-11-17-28(26)30;;;;;/h6-8,13-14,22-23,25-31H,5,9-12,15-21H2,1-4H3;2*1H3;2*1H;/q;2*-1;;;+4/p-2. The second-order valence-electron chi connectivity index (χ2n) is 13.3. The summed E-state index contributed by atoms with van der Waals surface area (Å²) in [5.41, 5.74) is 3.85. The number of benzene rings is 1. The summed E-state index contributed by atoms with van der Waals surface area (Å²) in [4.78, 5) is 0. The molecule has 0 bridgehead atoms. The van der Waals surface area contributed by atoms with E-state index < -0.39 is 28.9 Å². The van der Waals surface area contributed by atoms with Gasteiger partial charge in [0.2, 0.25) is 0 Å². The Kier molecular flexibility index (Phi) is 14.5. The van der Waals surface area contributed by atoms with E-state index in [1.165, 1.54) is 38.5 Å². The number of halogens is 2. The van der Waals surface area contributed by atoms with Gasteiger partial charge >= 0.3 is 37.9 Å². The van der Waals surface area contributed by atoms with Gasteiger partial charge in [0, 0.05) is 0 Å². The molecule has 0 aromatic heterocycles. The molecule has 0 amide bonds. The molecule has 4 aliphatic carbocycles. The Morgan fingerprint density at radius 1 is 0.811 bits per heavy atom. The summed E-state index contributed by atoms with van der Waals surface area (Å²) in [7, 11) is 8.59. The molecule has 1 aromatic carbocycles. The van der Waals surface area contributed by atoms with Gasteiger partial charge in [0.15, 0.2) is 0 Å². The van der Waals surface area contributed by atoms with Crippen molar-refractivity contribution >= 4 is 25.1 Å². The Morgan fingerprint density at radius 3 is 1.86 bits per heavy atom. The first-order valence-electron chi connectivity index (χ1n) is 14.9. The molecule has 210 valence electrons. The van der Waals surface area contributed by atoms with Crippen LogP contribution in [0.15, 0.2) is 30.3 Å². The Bertz CT molecular complexity index is 771. The van der Waals surface area contributed by atoms with Gasteiger partial charge in [0.05, 0.1) is 8.07 Å². The summed E-state index contributed by atoms with van der Waals surface area (Å²) in [6, 6.07) is 11.5. The van der Waals surface area contributed by atoms with E-state index in [1.54, 1.807) is 44.1 Å². The van der Waals surface area contributed by atoms with Crippen LogP contribution in [-0.4, -0.2) is 8.07 Å². The molecule has 0 radical (unpaired) electrons. The molecule has 9 unspecified atom stereocenters. The zero-order valence-corrected chi connectivity index (χ0v) is 29.8. The van der Waals surface area contributed by atoms with Crippen molar-refractivity contribution in [2.24, 2.45) is 35.5 Å². The fourth-order valence-corrected chi connectivity index (χ4v) is 15.5. The zero-order chi connectivity index (χ0) is 25.0.